The largest absolute Gasteiger partial charge is 0.463 e. The number of fused-ring (bicyclic) bond motifs is 1. The molecule has 3 heterocycles. The Kier molecular flexibility index (Phi) is 6.52. The zero-order valence-corrected chi connectivity index (χ0v) is 21.8. The van der Waals surface area contributed by atoms with Crippen molar-refractivity contribution in [1.29, 1.82) is 0 Å². The molecule has 0 N–H and O–H groups in total. The van der Waals surface area contributed by atoms with Crippen molar-refractivity contribution in [3.63, 3.8) is 0 Å². The van der Waals surface area contributed by atoms with E-state index in [9.17, 15) is 14.0 Å². The minimum absolute atomic E-state index is 0.188. The average molecular weight is 516 g/mol. The van der Waals surface area contributed by atoms with E-state index in [1.807, 2.05) is 56.3 Å². The molecule has 0 amide bonds. The van der Waals surface area contributed by atoms with Gasteiger partial charge >= 0.3 is 5.97 Å². The zero-order chi connectivity index (χ0) is 26.3. The maximum Gasteiger partial charge on any atom is 0.338 e. The van der Waals surface area contributed by atoms with Crippen LogP contribution in [0.4, 0.5) is 4.39 Å². The first-order valence-corrected chi connectivity index (χ1v) is 12.8. The number of ether oxygens (including phenoxy) is 1. The Labute approximate surface area is 217 Å². The highest BCUT2D eigenvalue weighted by Gasteiger charge is 2.33. The zero-order valence-electron chi connectivity index (χ0n) is 21.0. The molecule has 5 rings (SSSR count). The van der Waals surface area contributed by atoms with Gasteiger partial charge in [-0.25, -0.2) is 14.2 Å². The molecule has 0 saturated heterocycles. The van der Waals surface area contributed by atoms with E-state index in [2.05, 4.69) is 9.56 Å². The van der Waals surface area contributed by atoms with Gasteiger partial charge in [-0.15, -0.1) is 0 Å². The van der Waals surface area contributed by atoms with Gasteiger partial charge in [0, 0.05) is 17.1 Å². The fourth-order valence-electron chi connectivity index (χ4n) is 4.80. The highest BCUT2D eigenvalue weighted by atomic mass is 32.1. The van der Waals surface area contributed by atoms with Gasteiger partial charge in [0.25, 0.3) is 5.56 Å². The summed E-state index contributed by atoms with van der Waals surface area (Å²) in [7, 11) is 0. The van der Waals surface area contributed by atoms with Crippen molar-refractivity contribution in [2.45, 2.75) is 33.7 Å². The fraction of sp³-hybridized carbons (Fsp3) is 0.207. The third-order valence-electron chi connectivity index (χ3n) is 6.47. The Hall–Kier alpha value is -4.04. The number of benzene rings is 2. The molecule has 0 bridgehead atoms. The van der Waals surface area contributed by atoms with Gasteiger partial charge in [0.1, 0.15) is 5.82 Å². The van der Waals surface area contributed by atoms with Crippen LogP contribution in [0.15, 0.2) is 81.7 Å². The lowest BCUT2D eigenvalue weighted by molar-refractivity contribution is -0.139. The normalized spacial score (nSPS) is 15.5. The second-order valence-electron chi connectivity index (χ2n) is 8.85. The Balaban J connectivity index is 1.70. The van der Waals surface area contributed by atoms with E-state index >= 15 is 0 Å². The molecule has 37 heavy (non-hydrogen) atoms. The highest BCUT2D eigenvalue weighted by molar-refractivity contribution is 7.07. The number of aryl methyl sites for hydroxylation is 1. The van der Waals surface area contributed by atoms with Crippen LogP contribution in [0.3, 0.4) is 0 Å². The van der Waals surface area contributed by atoms with Crippen LogP contribution in [0.25, 0.3) is 11.8 Å². The lowest BCUT2D eigenvalue weighted by Gasteiger charge is -2.24. The van der Waals surface area contributed by atoms with E-state index < -0.39 is 17.8 Å². The molecule has 1 aliphatic heterocycles. The molecule has 0 unspecified atom stereocenters. The fourth-order valence-corrected chi connectivity index (χ4v) is 5.84. The Morgan fingerprint density at radius 2 is 1.81 bits per heavy atom. The van der Waals surface area contributed by atoms with Crippen molar-refractivity contribution >= 4 is 23.4 Å². The molecule has 2 aromatic carbocycles. The summed E-state index contributed by atoms with van der Waals surface area (Å²) in [6.07, 6.45) is 1.87. The summed E-state index contributed by atoms with van der Waals surface area (Å²) >= 11 is 1.27. The summed E-state index contributed by atoms with van der Waals surface area (Å²) in [6.45, 7) is 7.69. The summed E-state index contributed by atoms with van der Waals surface area (Å²) in [5, 5.41) is 0. The van der Waals surface area contributed by atoms with Crippen molar-refractivity contribution in [3.8, 4) is 5.69 Å². The summed E-state index contributed by atoms with van der Waals surface area (Å²) in [5.74, 6) is -0.943. The van der Waals surface area contributed by atoms with E-state index in [-0.39, 0.29) is 17.7 Å². The number of para-hydroxylation sites is 1. The molecule has 188 valence electrons. The Morgan fingerprint density at radius 3 is 2.49 bits per heavy atom. The summed E-state index contributed by atoms with van der Waals surface area (Å²) < 4.78 is 23.2. The number of carbonyl (C=O) groups excluding carboxylic acids is 1. The van der Waals surface area contributed by atoms with Gasteiger partial charge in [0.05, 0.1) is 28.5 Å². The lowest BCUT2D eigenvalue weighted by atomic mass is 9.96. The van der Waals surface area contributed by atoms with Gasteiger partial charge in [0.2, 0.25) is 0 Å². The molecule has 0 spiro atoms. The first kappa shape index (κ1) is 24.6. The first-order chi connectivity index (χ1) is 17.8. The second-order valence-corrected chi connectivity index (χ2v) is 9.86. The van der Waals surface area contributed by atoms with Gasteiger partial charge in [-0.3, -0.25) is 9.36 Å². The molecular weight excluding hydrogens is 489 g/mol. The second kappa shape index (κ2) is 9.78. The number of hydrogen-bond acceptors (Lipinski definition) is 5. The van der Waals surface area contributed by atoms with E-state index in [0.29, 0.717) is 20.6 Å². The van der Waals surface area contributed by atoms with Gasteiger partial charge in [-0.2, -0.15) is 0 Å². The molecule has 0 aliphatic carbocycles. The number of hydrogen-bond donors (Lipinski definition) is 0. The van der Waals surface area contributed by atoms with Crippen LogP contribution < -0.4 is 14.9 Å². The third kappa shape index (κ3) is 4.38. The molecule has 6 nitrogen and oxygen atoms in total. The van der Waals surface area contributed by atoms with Crippen LogP contribution in [0, 0.1) is 19.7 Å². The van der Waals surface area contributed by atoms with Gasteiger partial charge in [-0.1, -0.05) is 41.7 Å². The van der Waals surface area contributed by atoms with Crippen LogP contribution in [-0.2, 0) is 9.53 Å². The number of nitrogens with zero attached hydrogens (tertiary/aromatic N) is 3. The van der Waals surface area contributed by atoms with Crippen molar-refractivity contribution in [3.05, 3.63) is 120 Å². The minimum atomic E-state index is -0.769. The lowest BCUT2D eigenvalue weighted by Crippen LogP contribution is -2.39. The maximum atomic E-state index is 13.8. The van der Waals surface area contributed by atoms with Crippen molar-refractivity contribution < 1.29 is 13.9 Å². The third-order valence-corrected chi connectivity index (χ3v) is 7.46. The monoisotopic (exact) mass is 515 g/mol. The number of aromatic nitrogens is 2. The molecule has 4 aromatic rings. The van der Waals surface area contributed by atoms with Crippen LogP contribution in [0.5, 0.6) is 0 Å². The number of allylic oxidation sites excluding steroid dienone is 1. The molecule has 0 radical (unpaired) electrons. The number of esters is 1. The number of rotatable bonds is 5. The molecule has 1 atom stereocenters. The van der Waals surface area contributed by atoms with Crippen molar-refractivity contribution in [2.75, 3.05) is 6.61 Å². The number of carbonyl (C=O) groups is 1. The van der Waals surface area contributed by atoms with Gasteiger partial charge < -0.3 is 9.30 Å². The van der Waals surface area contributed by atoms with E-state index in [1.165, 1.54) is 28.0 Å². The van der Waals surface area contributed by atoms with E-state index in [1.54, 1.807) is 26.0 Å². The van der Waals surface area contributed by atoms with Crippen LogP contribution in [0.2, 0.25) is 0 Å². The summed E-state index contributed by atoms with van der Waals surface area (Å²) in [4.78, 5) is 31.8. The predicted octanol–water partition coefficient (Wildman–Crippen LogP) is 4.34. The molecule has 1 aliphatic rings. The van der Waals surface area contributed by atoms with Gasteiger partial charge in [-0.05, 0) is 75.2 Å². The van der Waals surface area contributed by atoms with Crippen molar-refractivity contribution in [1.82, 2.24) is 9.13 Å². The first-order valence-electron chi connectivity index (χ1n) is 12.0. The molecule has 0 fully saturated rings. The Bertz CT molecular complexity index is 1710. The number of halogens is 1. The standard InChI is InChI=1S/C29H26FN3O3S/c1-5-36-28(35)25-18(3)31-29-33(26(25)20-11-13-22(30)14-12-20)27(34)24(37-29)16-21-15-17(2)32(19(21)4)23-9-7-6-8-10-23/h6-16,26H,5H2,1-4H3/b24-16-/t26-/m0/s1. The topological polar surface area (TPSA) is 65.6 Å². The molecule has 0 saturated carbocycles. The average Bonchev–Trinajstić information content (AvgIpc) is 3.33. The number of thiazole rings is 1. The SMILES string of the molecule is CCOC(=O)C1=C(C)N=c2s/c(=C\c3cc(C)n(-c4ccccc4)c3C)c(=O)n2[C@H]1c1ccc(F)cc1. The van der Waals surface area contributed by atoms with Crippen LogP contribution in [0.1, 0.15) is 42.4 Å². The van der Waals surface area contributed by atoms with E-state index in [4.69, 9.17) is 4.74 Å². The molecule has 2 aromatic heterocycles. The Morgan fingerprint density at radius 1 is 1.11 bits per heavy atom. The highest BCUT2D eigenvalue weighted by Crippen LogP contribution is 2.31. The quantitative estimate of drug-likeness (QED) is 0.372. The van der Waals surface area contributed by atoms with Crippen molar-refractivity contribution in [2.24, 2.45) is 4.99 Å². The summed E-state index contributed by atoms with van der Waals surface area (Å²) in [5.41, 5.74) is 5.11. The maximum absolute atomic E-state index is 13.8. The van der Waals surface area contributed by atoms with Crippen LogP contribution >= 0.6 is 11.3 Å². The van der Waals surface area contributed by atoms with Crippen LogP contribution in [-0.4, -0.2) is 21.7 Å². The smallest absolute Gasteiger partial charge is 0.338 e. The predicted molar refractivity (Wildman–Crippen MR) is 142 cm³/mol. The van der Waals surface area contributed by atoms with E-state index in [0.717, 1.165) is 22.6 Å². The molecule has 8 heteroatoms. The molecular formula is C29H26FN3O3S. The van der Waals surface area contributed by atoms with Gasteiger partial charge in [0.15, 0.2) is 4.80 Å². The summed E-state index contributed by atoms with van der Waals surface area (Å²) in [6, 6.07) is 17.1. The minimum Gasteiger partial charge on any atom is -0.463 e.